The summed E-state index contributed by atoms with van der Waals surface area (Å²) in [6.07, 6.45) is 4.87. The largest absolute Gasteiger partial charge is 0.397 e. The number of piperidine rings is 1. The van der Waals surface area contributed by atoms with Gasteiger partial charge in [0.05, 0.1) is 16.9 Å². The summed E-state index contributed by atoms with van der Waals surface area (Å²) in [5.74, 6) is -0.0684. The number of hydrogen-bond donors (Lipinski definition) is 1. The molecule has 3 aromatic rings. The molecule has 132 valence electrons. The van der Waals surface area contributed by atoms with Crippen molar-refractivity contribution in [2.24, 2.45) is 0 Å². The Morgan fingerprint density at radius 1 is 1.12 bits per heavy atom. The number of aromatic nitrogens is 2. The number of amides is 1. The van der Waals surface area contributed by atoms with Gasteiger partial charge in [0.15, 0.2) is 0 Å². The molecule has 3 heterocycles. The number of benzene rings is 1. The molecule has 26 heavy (non-hydrogen) atoms. The van der Waals surface area contributed by atoms with Crippen LogP contribution in [0.4, 0.5) is 10.1 Å². The Labute approximate surface area is 150 Å². The number of pyridine rings is 2. The molecule has 1 aliphatic heterocycles. The second kappa shape index (κ2) is 6.71. The molecule has 0 unspecified atom stereocenters. The smallest absolute Gasteiger partial charge is 0.253 e. The van der Waals surface area contributed by atoms with Gasteiger partial charge in [-0.1, -0.05) is 0 Å². The molecule has 0 saturated carbocycles. The van der Waals surface area contributed by atoms with Crippen molar-refractivity contribution in [2.45, 2.75) is 18.8 Å². The van der Waals surface area contributed by atoms with Crippen molar-refractivity contribution in [3.05, 3.63) is 65.9 Å². The fraction of sp³-hybridized carbons (Fsp3) is 0.250. The van der Waals surface area contributed by atoms with Crippen LogP contribution in [0.5, 0.6) is 0 Å². The van der Waals surface area contributed by atoms with Gasteiger partial charge in [0.25, 0.3) is 5.91 Å². The standard InChI is InChI=1S/C20H19FN4O/c21-16-1-2-18-15(11-16)12-17(22)19(24-18)13-5-9-25(10-6-13)20(26)14-3-7-23-8-4-14/h1-4,7-8,11-13H,5-6,9-10,22H2. The fourth-order valence-corrected chi connectivity index (χ4v) is 3.54. The molecule has 0 bridgehead atoms. The van der Waals surface area contributed by atoms with Crippen molar-refractivity contribution < 1.29 is 9.18 Å². The number of anilines is 1. The summed E-state index contributed by atoms with van der Waals surface area (Å²) >= 11 is 0. The molecular formula is C20H19FN4O. The van der Waals surface area contributed by atoms with E-state index in [0.717, 1.165) is 24.1 Å². The summed E-state index contributed by atoms with van der Waals surface area (Å²) in [7, 11) is 0. The van der Waals surface area contributed by atoms with Crippen LogP contribution in [0.1, 0.15) is 34.8 Å². The van der Waals surface area contributed by atoms with E-state index in [2.05, 4.69) is 9.97 Å². The number of nitrogens with two attached hydrogens (primary N) is 1. The predicted octanol–water partition coefficient (Wildman–Crippen LogP) is 3.37. The molecule has 6 heteroatoms. The zero-order valence-electron chi connectivity index (χ0n) is 14.2. The summed E-state index contributed by atoms with van der Waals surface area (Å²) in [6.45, 7) is 1.32. The lowest BCUT2D eigenvalue weighted by Gasteiger charge is -2.32. The minimum Gasteiger partial charge on any atom is -0.397 e. The van der Waals surface area contributed by atoms with E-state index in [1.807, 2.05) is 4.90 Å². The van der Waals surface area contributed by atoms with Gasteiger partial charge in [0.2, 0.25) is 0 Å². The molecule has 4 rings (SSSR count). The molecular weight excluding hydrogens is 331 g/mol. The lowest BCUT2D eigenvalue weighted by Crippen LogP contribution is -2.38. The van der Waals surface area contributed by atoms with Crippen LogP contribution in [0.15, 0.2) is 48.8 Å². The number of fused-ring (bicyclic) bond motifs is 1. The van der Waals surface area contributed by atoms with Crippen molar-refractivity contribution in [3.63, 3.8) is 0 Å². The third kappa shape index (κ3) is 3.10. The Kier molecular flexibility index (Phi) is 4.24. The molecule has 0 radical (unpaired) electrons. The van der Waals surface area contributed by atoms with Crippen LogP contribution in [-0.4, -0.2) is 33.9 Å². The Morgan fingerprint density at radius 3 is 2.58 bits per heavy atom. The van der Waals surface area contributed by atoms with Crippen LogP contribution in [0, 0.1) is 5.82 Å². The number of nitrogen functional groups attached to an aromatic ring is 1. The van der Waals surface area contributed by atoms with Crippen molar-refractivity contribution in [1.29, 1.82) is 0 Å². The summed E-state index contributed by atoms with van der Waals surface area (Å²) < 4.78 is 13.4. The van der Waals surface area contributed by atoms with Crippen LogP contribution in [0.25, 0.3) is 10.9 Å². The van der Waals surface area contributed by atoms with Gasteiger partial charge in [0.1, 0.15) is 5.82 Å². The molecule has 2 N–H and O–H groups in total. The van der Waals surface area contributed by atoms with Gasteiger partial charge in [-0.05, 0) is 49.2 Å². The summed E-state index contributed by atoms with van der Waals surface area (Å²) in [6, 6.07) is 9.78. The van der Waals surface area contributed by atoms with Crippen molar-refractivity contribution >= 4 is 22.5 Å². The number of carbonyl (C=O) groups excluding carboxylic acids is 1. The molecule has 1 aromatic carbocycles. The highest BCUT2D eigenvalue weighted by molar-refractivity contribution is 5.94. The van der Waals surface area contributed by atoms with E-state index >= 15 is 0 Å². The average Bonchev–Trinajstić information content (AvgIpc) is 2.68. The van der Waals surface area contributed by atoms with Gasteiger partial charge in [-0.2, -0.15) is 0 Å². The number of halogens is 1. The van der Waals surface area contributed by atoms with Crippen molar-refractivity contribution in [2.75, 3.05) is 18.8 Å². The first-order valence-electron chi connectivity index (χ1n) is 8.67. The van der Waals surface area contributed by atoms with E-state index in [4.69, 9.17) is 5.73 Å². The van der Waals surface area contributed by atoms with E-state index < -0.39 is 0 Å². The first-order chi connectivity index (χ1) is 12.6. The van der Waals surface area contributed by atoms with Crippen LogP contribution >= 0.6 is 0 Å². The summed E-state index contributed by atoms with van der Waals surface area (Å²) in [5.41, 5.74) is 9.01. The van der Waals surface area contributed by atoms with Gasteiger partial charge in [-0.25, -0.2) is 4.39 Å². The Bertz CT molecular complexity index is 953. The van der Waals surface area contributed by atoms with E-state index in [9.17, 15) is 9.18 Å². The average molecular weight is 350 g/mol. The third-order valence-electron chi connectivity index (χ3n) is 4.93. The van der Waals surface area contributed by atoms with Gasteiger partial charge in [-0.3, -0.25) is 14.8 Å². The molecule has 0 atom stereocenters. The number of hydrogen-bond acceptors (Lipinski definition) is 4. The monoisotopic (exact) mass is 350 g/mol. The minimum atomic E-state index is -0.297. The second-order valence-electron chi connectivity index (χ2n) is 6.60. The van der Waals surface area contributed by atoms with Gasteiger partial charge in [-0.15, -0.1) is 0 Å². The number of nitrogens with zero attached hydrogens (tertiary/aromatic N) is 3. The maximum Gasteiger partial charge on any atom is 0.253 e. The highest BCUT2D eigenvalue weighted by atomic mass is 19.1. The van der Waals surface area contributed by atoms with Gasteiger partial charge in [0, 0.05) is 42.4 Å². The topological polar surface area (TPSA) is 72.1 Å². The highest BCUT2D eigenvalue weighted by Gasteiger charge is 2.26. The Morgan fingerprint density at radius 2 is 1.85 bits per heavy atom. The van der Waals surface area contributed by atoms with E-state index in [1.165, 1.54) is 12.1 Å². The number of rotatable bonds is 2. The Balaban J connectivity index is 1.51. The van der Waals surface area contributed by atoms with E-state index in [-0.39, 0.29) is 17.6 Å². The second-order valence-corrected chi connectivity index (χ2v) is 6.60. The molecule has 5 nitrogen and oxygen atoms in total. The molecule has 1 saturated heterocycles. The minimum absolute atomic E-state index is 0.0285. The first kappa shape index (κ1) is 16.4. The maximum atomic E-state index is 13.4. The Hall–Kier alpha value is -3.02. The van der Waals surface area contributed by atoms with E-state index in [1.54, 1.807) is 36.7 Å². The number of likely N-dealkylation sites (tertiary alicyclic amines) is 1. The zero-order valence-corrected chi connectivity index (χ0v) is 14.2. The van der Waals surface area contributed by atoms with Crippen LogP contribution < -0.4 is 5.73 Å². The quantitative estimate of drug-likeness (QED) is 0.769. The molecule has 0 aliphatic carbocycles. The molecule has 1 aliphatic rings. The highest BCUT2D eigenvalue weighted by Crippen LogP contribution is 2.32. The zero-order chi connectivity index (χ0) is 18.1. The molecule has 0 spiro atoms. The molecule has 1 amide bonds. The molecule has 2 aromatic heterocycles. The lowest BCUT2D eigenvalue weighted by molar-refractivity contribution is 0.0712. The van der Waals surface area contributed by atoms with E-state index in [0.29, 0.717) is 29.7 Å². The SMILES string of the molecule is Nc1cc2cc(F)ccc2nc1C1CCN(C(=O)c2ccncc2)CC1. The first-order valence-corrected chi connectivity index (χ1v) is 8.67. The predicted molar refractivity (Wildman–Crippen MR) is 98.2 cm³/mol. The van der Waals surface area contributed by atoms with Crippen molar-refractivity contribution in [3.8, 4) is 0 Å². The third-order valence-corrected chi connectivity index (χ3v) is 4.93. The molecule has 1 fully saturated rings. The lowest BCUT2D eigenvalue weighted by atomic mass is 9.91. The summed E-state index contributed by atoms with van der Waals surface area (Å²) in [4.78, 5) is 23.0. The normalized spacial score (nSPS) is 15.3. The van der Waals surface area contributed by atoms with Crippen LogP contribution in [0.2, 0.25) is 0 Å². The maximum absolute atomic E-state index is 13.4. The van der Waals surface area contributed by atoms with Gasteiger partial charge >= 0.3 is 0 Å². The van der Waals surface area contributed by atoms with Crippen molar-refractivity contribution in [1.82, 2.24) is 14.9 Å². The number of carbonyl (C=O) groups is 1. The fourth-order valence-electron chi connectivity index (χ4n) is 3.54. The van der Waals surface area contributed by atoms with Gasteiger partial charge < -0.3 is 10.6 Å². The van der Waals surface area contributed by atoms with Crippen LogP contribution in [0.3, 0.4) is 0 Å². The summed E-state index contributed by atoms with van der Waals surface area (Å²) in [5, 5.41) is 0.705. The van der Waals surface area contributed by atoms with Crippen LogP contribution in [-0.2, 0) is 0 Å².